The van der Waals surface area contributed by atoms with Crippen LogP contribution >= 0.6 is 27.7 Å². The van der Waals surface area contributed by atoms with Crippen LogP contribution in [0.4, 0.5) is 0 Å². The average Bonchev–Trinajstić information content (AvgIpc) is 2.34. The summed E-state index contributed by atoms with van der Waals surface area (Å²) in [6.45, 7) is 7.54. The average molecular weight is 330 g/mol. The molecule has 18 heavy (non-hydrogen) atoms. The Labute approximate surface area is 124 Å². The molecule has 0 amide bonds. The molecule has 0 aliphatic carbocycles. The summed E-state index contributed by atoms with van der Waals surface area (Å²) in [6, 6.07) is 7.23. The largest absolute Gasteiger partial charge is 0.310 e. The highest BCUT2D eigenvalue weighted by Gasteiger charge is 2.03. The molecule has 1 nitrogen and oxygen atoms in total. The van der Waals surface area contributed by atoms with Crippen molar-refractivity contribution in [2.45, 2.75) is 57.5 Å². The van der Waals surface area contributed by atoms with Gasteiger partial charge in [0.1, 0.15) is 0 Å². The molecular formula is C15H24BrNS. The Hall–Kier alpha value is 0.01000. The van der Waals surface area contributed by atoms with Crippen LogP contribution < -0.4 is 5.32 Å². The van der Waals surface area contributed by atoms with Crippen LogP contribution in [0.15, 0.2) is 27.6 Å². The van der Waals surface area contributed by atoms with Gasteiger partial charge >= 0.3 is 0 Å². The van der Waals surface area contributed by atoms with E-state index in [4.69, 9.17) is 0 Å². The lowest BCUT2D eigenvalue weighted by molar-refractivity contribution is 0.588. The van der Waals surface area contributed by atoms with Gasteiger partial charge in [-0.3, -0.25) is 0 Å². The third kappa shape index (κ3) is 6.26. The summed E-state index contributed by atoms with van der Waals surface area (Å²) >= 11 is 5.63. The SMILES string of the molecule is CCCCCSc1ccc(CNC(C)C)cc1Br. The molecule has 0 aromatic heterocycles. The molecule has 0 saturated heterocycles. The van der Waals surface area contributed by atoms with Gasteiger partial charge in [-0.05, 0) is 45.8 Å². The summed E-state index contributed by atoms with van der Waals surface area (Å²) < 4.78 is 1.23. The Balaban J connectivity index is 2.46. The first-order chi connectivity index (χ1) is 8.63. The number of hydrogen-bond donors (Lipinski definition) is 1. The molecule has 0 unspecified atom stereocenters. The number of thioether (sulfide) groups is 1. The van der Waals surface area contributed by atoms with Crippen LogP contribution in [0.3, 0.4) is 0 Å². The van der Waals surface area contributed by atoms with Crippen molar-refractivity contribution in [1.82, 2.24) is 5.32 Å². The number of hydrogen-bond acceptors (Lipinski definition) is 2. The van der Waals surface area contributed by atoms with Gasteiger partial charge < -0.3 is 5.32 Å². The fourth-order valence-electron chi connectivity index (χ4n) is 1.63. The molecule has 0 heterocycles. The summed E-state index contributed by atoms with van der Waals surface area (Å²) in [6.07, 6.45) is 3.94. The molecule has 1 N–H and O–H groups in total. The minimum Gasteiger partial charge on any atom is -0.310 e. The van der Waals surface area contributed by atoms with Gasteiger partial charge in [0, 0.05) is 22.0 Å². The zero-order chi connectivity index (χ0) is 13.4. The molecule has 0 bridgehead atoms. The lowest BCUT2D eigenvalue weighted by atomic mass is 10.2. The van der Waals surface area contributed by atoms with E-state index in [0.29, 0.717) is 6.04 Å². The van der Waals surface area contributed by atoms with E-state index in [9.17, 15) is 0 Å². The number of nitrogens with one attached hydrogen (secondary N) is 1. The highest BCUT2D eigenvalue weighted by Crippen LogP contribution is 2.29. The normalized spacial score (nSPS) is 11.2. The summed E-state index contributed by atoms with van der Waals surface area (Å²) in [5.41, 5.74) is 1.34. The van der Waals surface area contributed by atoms with Gasteiger partial charge in [0.25, 0.3) is 0 Å². The zero-order valence-corrected chi connectivity index (χ0v) is 14.0. The summed E-state index contributed by atoms with van der Waals surface area (Å²) in [7, 11) is 0. The molecule has 0 fully saturated rings. The molecule has 1 rings (SSSR count). The second kappa shape index (κ2) is 9.00. The number of halogens is 1. The Morgan fingerprint density at radius 1 is 1.28 bits per heavy atom. The van der Waals surface area contributed by atoms with Crippen molar-refractivity contribution in [3.05, 3.63) is 28.2 Å². The van der Waals surface area contributed by atoms with Crippen LogP contribution in [-0.4, -0.2) is 11.8 Å². The Kier molecular flexibility index (Phi) is 8.03. The third-order valence-electron chi connectivity index (χ3n) is 2.72. The van der Waals surface area contributed by atoms with E-state index in [1.54, 1.807) is 0 Å². The molecule has 0 spiro atoms. The predicted octanol–water partition coefficient (Wildman–Crippen LogP) is 5.23. The Morgan fingerprint density at radius 3 is 2.67 bits per heavy atom. The Bertz CT molecular complexity index is 352. The van der Waals surface area contributed by atoms with E-state index in [1.165, 1.54) is 39.9 Å². The van der Waals surface area contributed by atoms with Crippen molar-refractivity contribution in [2.75, 3.05) is 5.75 Å². The molecule has 0 atom stereocenters. The fourth-order valence-corrected chi connectivity index (χ4v) is 3.33. The predicted molar refractivity (Wildman–Crippen MR) is 86.4 cm³/mol. The highest BCUT2D eigenvalue weighted by molar-refractivity contribution is 9.10. The fraction of sp³-hybridized carbons (Fsp3) is 0.600. The monoisotopic (exact) mass is 329 g/mol. The molecule has 0 aliphatic heterocycles. The number of benzene rings is 1. The van der Waals surface area contributed by atoms with Crippen LogP contribution in [-0.2, 0) is 6.54 Å². The molecule has 102 valence electrons. The van der Waals surface area contributed by atoms with Crippen LogP contribution in [0.1, 0.15) is 45.6 Å². The summed E-state index contributed by atoms with van der Waals surface area (Å²) in [5.74, 6) is 1.22. The van der Waals surface area contributed by atoms with E-state index in [2.05, 4.69) is 60.2 Å². The van der Waals surface area contributed by atoms with E-state index in [0.717, 1.165) is 6.54 Å². The van der Waals surface area contributed by atoms with Crippen molar-refractivity contribution >= 4 is 27.7 Å². The highest BCUT2D eigenvalue weighted by atomic mass is 79.9. The lowest BCUT2D eigenvalue weighted by Gasteiger charge is -2.10. The van der Waals surface area contributed by atoms with Crippen LogP contribution in [0.2, 0.25) is 0 Å². The number of unbranched alkanes of at least 4 members (excludes halogenated alkanes) is 2. The molecule has 1 aromatic carbocycles. The van der Waals surface area contributed by atoms with Crippen LogP contribution in [0.25, 0.3) is 0 Å². The van der Waals surface area contributed by atoms with Gasteiger partial charge in [0.2, 0.25) is 0 Å². The van der Waals surface area contributed by atoms with Gasteiger partial charge in [-0.1, -0.05) is 39.7 Å². The van der Waals surface area contributed by atoms with E-state index >= 15 is 0 Å². The first kappa shape index (κ1) is 16.1. The lowest BCUT2D eigenvalue weighted by Crippen LogP contribution is -2.21. The van der Waals surface area contributed by atoms with Gasteiger partial charge in [-0.2, -0.15) is 0 Å². The first-order valence-corrected chi connectivity index (χ1v) is 8.56. The van der Waals surface area contributed by atoms with Crippen molar-refractivity contribution < 1.29 is 0 Å². The molecule has 3 heteroatoms. The van der Waals surface area contributed by atoms with Crippen LogP contribution in [0.5, 0.6) is 0 Å². The molecule has 0 aliphatic rings. The van der Waals surface area contributed by atoms with E-state index in [1.807, 2.05) is 11.8 Å². The first-order valence-electron chi connectivity index (χ1n) is 6.78. The minimum absolute atomic E-state index is 0.534. The standard InChI is InChI=1S/C15H24BrNS/c1-4-5-6-9-18-15-8-7-13(10-14(15)16)11-17-12(2)3/h7-8,10,12,17H,4-6,9,11H2,1-3H3. The second-order valence-corrected chi connectivity index (χ2v) is 6.85. The molecule has 1 aromatic rings. The molecular weight excluding hydrogens is 306 g/mol. The quantitative estimate of drug-likeness (QED) is 0.517. The van der Waals surface area contributed by atoms with Crippen molar-refractivity contribution in [3.8, 4) is 0 Å². The zero-order valence-electron chi connectivity index (χ0n) is 11.6. The maximum Gasteiger partial charge on any atom is 0.0314 e. The molecule has 0 saturated carbocycles. The smallest absolute Gasteiger partial charge is 0.0314 e. The van der Waals surface area contributed by atoms with Crippen LogP contribution in [0, 0.1) is 0 Å². The van der Waals surface area contributed by atoms with Crippen molar-refractivity contribution in [3.63, 3.8) is 0 Å². The second-order valence-electron chi connectivity index (χ2n) is 4.86. The third-order valence-corrected chi connectivity index (χ3v) is 4.79. The van der Waals surface area contributed by atoms with E-state index < -0.39 is 0 Å². The Morgan fingerprint density at radius 2 is 2.06 bits per heavy atom. The molecule has 0 radical (unpaired) electrons. The maximum absolute atomic E-state index is 3.67. The van der Waals surface area contributed by atoms with Gasteiger partial charge in [0.15, 0.2) is 0 Å². The van der Waals surface area contributed by atoms with E-state index in [-0.39, 0.29) is 0 Å². The topological polar surface area (TPSA) is 12.0 Å². The van der Waals surface area contributed by atoms with Gasteiger partial charge in [-0.25, -0.2) is 0 Å². The minimum atomic E-state index is 0.534. The summed E-state index contributed by atoms with van der Waals surface area (Å²) in [5, 5.41) is 3.44. The maximum atomic E-state index is 3.67. The van der Waals surface area contributed by atoms with Crippen molar-refractivity contribution in [1.29, 1.82) is 0 Å². The van der Waals surface area contributed by atoms with Gasteiger partial charge in [-0.15, -0.1) is 11.8 Å². The van der Waals surface area contributed by atoms with Crippen molar-refractivity contribution in [2.24, 2.45) is 0 Å². The number of rotatable bonds is 8. The van der Waals surface area contributed by atoms with Gasteiger partial charge in [0.05, 0.1) is 0 Å². The summed E-state index contributed by atoms with van der Waals surface area (Å²) in [4.78, 5) is 1.36.